The zero-order chi connectivity index (χ0) is 13.5. The third-order valence-electron chi connectivity index (χ3n) is 2.82. The van der Waals surface area contributed by atoms with Crippen LogP contribution >= 0.6 is 0 Å². The third-order valence-corrected chi connectivity index (χ3v) is 2.82. The molecule has 100 valence electrons. The SMILES string of the molecule is COc1ccc(COC(=O)CC(N)C(C)C)cc1. The van der Waals surface area contributed by atoms with Crippen LogP contribution in [0.5, 0.6) is 5.75 Å². The van der Waals surface area contributed by atoms with Gasteiger partial charge in [-0.05, 0) is 23.6 Å². The summed E-state index contributed by atoms with van der Waals surface area (Å²) < 4.78 is 10.2. The summed E-state index contributed by atoms with van der Waals surface area (Å²) in [5.74, 6) is 0.803. The van der Waals surface area contributed by atoms with E-state index in [-0.39, 0.29) is 31.0 Å². The maximum Gasteiger partial charge on any atom is 0.307 e. The van der Waals surface area contributed by atoms with Gasteiger partial charge in [0.1, 0.15) is 12.4 Å². The van der Waals surface area contributed by atoms with Crippen LogP contribution in [-0.4, -0.2) is 19.1 Å². The molecule has 0 radical (unpaired) electrons. The van der Waals surface area contributed by atoms with E-state index in [2.05, 4.69) is 0 Å². The van der Waals surface area contributed by atoms with Gasteiger partial charge in [-0.15, -0.1) is 0 Å². The monoisotopic (exact) mass is 251 g/mol. The van der Waals surface area contributed by atoms with Crippen molar-refractivity contribution in [2.24, 2.45) is 11.7 Å². The number of hydrogen-bond acceptors (Lipinski definition) is 4. The lowest BCUT2D eigenvalue weighted by atomic mass is 10.0. The Morgan fingerprint density at radius 2 is 1.89 bits per heavy atom. The Labute approximate surface area is 108 Å². The van der Waals surface area contributed by atoms with E-state index in [9.17, 15) is 4.79 Å². The first-order valence-electron chi connectivity index (χ1n) is 6.07. The first-order chi connectivity index (χ1) is 8.52. The van der Waals surface area contributed by atoms with E-state index in [4.69, 9.17) is 15.2 Å². The van der Waals surface area contributed by atoms with Gasteiger partial charge >= 0.3 is 5.97 Å². The normalized spacial score (nSPS) is 12.3. The summed E-state index contributed by atoms with van der Waals surface area (Å²) in [5, 5.41) is 0. The van der Waals surface area contributed by atoms with Gasteiger partial charge in [-0.3, -0.25) is 4.79 Å². The van der Waals surface area contributed by atoms with Crippen molar-refractivity contribution in [1.29, 1.82) is 0 Å². The van der Waals surface area contributed by atoms with Crippen molar-refractivity contribution >= 4 is 5.97 Å². The Balaban J connectivity index is 2.37. The fourth-order valence-electron chi connectivity index (χ4n) is 1.37. The van der Waals surface area contributed by atoms with Gasteiger partial charge in [-0.1, -0.05) is 26.0 Å². The van der Waals surface area contributed by atoms with Crippen molar-refractivity contribution < 1.29 is 14.3 Å². The second kappa shape index (κ2) is 7.01. The molecule has 1 unspecified atom stereocenters. The molecule has 0 fully saturated rings. The molecule has 0 saturated heterocycles. The third kappa shape index (κ3) is 4.75. The van der Waals surface area contributed by atoms with Gasteiger partial charge in [0.25, 0.3) is 0 Å². The predicted molar refractivity (Wildman–Crippen MR) is 70.2 cm³/mol. The average molecular weight is 251 g/mol. The van der Waals surface area contributed by atoms with E-state index in [0.717, 1.165) is 11.3 Å². The summed E-state index contributed by atoms with van der Waals surface area (Å²) in [7, 11) is 1.61. The fourth-order valence-corrected chi connectivity index (χ4v) is 1.37. The molecule has 1 rings (SSSR count). The van der Waals surface area contributed by atoms with Crippen LogP contribution in [0.3, 0.4) is 0 Å². The molecular formula is C14H21NO3. The highest BCUT2D eigenvalue weighted by Gasteiger charge is 2.13. The molecular weight excluding hydrogens is 230 g/mol. The van der Waals surface area contributed by atoms with E-state index < -0.39 is 0 Å². The second-order valence-corrected chi connectivity index (χ2v) is 4.62. The number of nitrogens with two attached hydrogens (primary N) is 1. The molecule has 0 spiro atoms. The Morgan fingerprint density at radius 1 is 1.28 bits per heavy atom. The van der Waals surface area contributed by atoms with Crippen LogP contribution in [0.25, 0.3) is 0 Å². The summed E-state index contributed by atoms with van der Waals surface area (Å²) >= 11 is 0. The summed E-state index contributed by atoms with van der Waals surface area (Å²) in [6, 6.07) is 7.27. The molecule has 0 aromatic heterocycles. The lowest BCUT2D eigenvalue weighted by Crippen LogP contribution is -2.29. The number of carbonyl (C=O) groups excluding carboxylic acids is 1. The molecule has 0 bridgehead atoms. The Hall–Kier alpha value is -1.55. The van der Waals surface area contributed by atoms with Gasteiger partial charge in [-0.2, -0.15) is 0 Å². The number of esters is 1. The number of rotatable bonds is 6. The van der Waals surface area contributed by atoms with Gasteiger partial charge in [0, 0.05) is 6.04 Å². The van der Waals surface area contributed by atoms with E-state index in [0.29, 0.717) is 0 Å². The van der Waals surface area contributed by atoms with Crippen LogP contribution in [0.15, 0.2) is 24.3 Å². The molecule has 18 heavy (non-hydrogen) atoms. The average Bonchev–Trinajstić information content (AvgIpc) is 2.36. The Morgan fingerprint density at radius 3 is 2.39 bits per heavy atom. The first-order valence-corrected chi connectivity index (χ1v) is 6.07. The van der Waals surface area contributed by atoms with Crippen LogP contribution in [0, 0.1) is 5.92 Å². The van der Waals surface area contributed by atoms with E-state index in [1.54, 1.807) is 7.11 Å². The smallest absolute Gasteiger partial charge is 0.307 e. The van der Waals surface area contributed by atoms with Crippen molar-refractivity contribution in [3.63, 3.8) is 0 Å². The van der Waals surface area contributed by atoms with E-state index >= 15 is 0 Å². The molecule has 0 aliphatic rings. The summed E-state index contributed by atoms with van der Waals surface area (Å²) in [6.45, 7) is 4.25. The minimum absolute atomic E-state index is 0.145. The Bertz CT molecular complexity index is 373. The second-order valence-electron chi connectivity index (χ2n) is 4.62. The standard InChI is InChI=1S/C14H21NO3/c1-10(2)13(15)8-14(16)18-9-11-4-6-12(17-3)7-5-11/h4-7,10,13H,8-9,15H2,1-3H3. The molecule has 4 heteroatoms. The van der Waals surface area contributed by atoms with Crippen LogP contribution in [-0.2, 0) is 16.1 Å². The number of benzene rings is 1. The number of hydrogen-bond donors (Lipinski definition) is 1. The zero-order valence-electron chi connectivity index (χ0n) is 11.2. The summed E-state index contributed by atoms with van der Waals surface area (Å²) in [4.78, 5) is 11.5. The zero-order valence-corrected chi connectivity index (χ0v) is 11.2. The predicted octanol–water partition coefficient (Wildman–Crippen LogP) is 2.11. The van der Waals surface area contributed by atoms with Gasteiger partial charge in [0.05, 0.1) is 13.5 Å². The topological polar surface area (TPSA) is 61.5 Å². The molecule has 0 aliphatic carbocycles. The minimum Gasteiger partial charge on any atom is -0.497 e. The van der Waals surface area contributed by atoms with Crippen LogP contribution in [0.1, 0.15) is 25.8 Å². The molecule has 0 saturated carbocycles. The summed E-state index contributed by atoms with van der Waals surface area (Å²) in [6.07, 6.45) is 0.258. The maximum absolute atomic E-state index is 11.5. The maximum atomic E-state index is 11.5. The highest BCUT2D eigenvalue weighted by Crippen LogP contribution is 2.12. The van der Waals surface area contributed by atoms with Crippen molar-refractivity contribution in [1.82, 2.24) is 0 Å². The van der Waals surface area contributed by atoms with Gasteiger partial charge in [0.15, 0.2) is 0 Å². The quantitative estimate of drug-likeness (QED) is 0.787. The lowest BCUT2D eigenvalue weighted by Gasteiger charge is -2.14. The molecule has 1 atom stereocenters. The fraction of sp³-hybridized carbons (Fsp3) is 0.500. The van der Waals surface area contributed by atoms with Crippen LogP contribution < -0.4 is 10.5 Å². The van der Waals surface area contributed by atoms with Crippen LogP contribution in [0.2, 0.25) is 0 Å². The lowest BCUT2D eigenvalue weighted by molar-refractivity contribution is -0.145. The first kappa shape index (κ1) is 14.5. The number of methoxy groups -OCH3 is 1. The molecule has 0 amide bonds. The van der Waals surface area contributed by atoms with Gasteiger partial charge < -0.3 is 15.2 Å². The number of ether oxygens (including phenoxy) is 2. The molecule has 0 heterocycles. The molecule has 0 aliphatic heterocycles. The molecule has 1 aromatic carbocycles. The van der Waals surface area contributed by atoms with Gasteiger partial charge in [0.2, 0.25) is 0 Å². The van der Waals surface area contributed by atoms with E-state index in [1.807, 2.05) is 38.1 Å². The van der Waals surface area contributed by atoms with E-state index in [1.165, 1.54) is 0 Å². The summed E-state index contributed by atoms with van der Waals surface area (Å²) in [5.41, 5.74) is 6.74. The van der Waals surface area contributed by atoms with Crippen molar-refractivity contribution in [2.75, 3.05) is 7.11 Å². The molecule has 4 nitrogen and oxygen atoms in total. The van der Waals surface area contributed by atoms with Gasteiger partial charge in [-0.25, -0.2) is 0 Å². The van der Waals surface area contributed by atoms with Crippen molar-refractivity contribution in [3.05, 3.63) is 29.8 Å². The largest absolute Gasteiger partial charge is 0.497 e. The molecule has 1 aromatic rings. The molecule has 2 N–H and O–H groups in total. The Kier molecular flexibility index (Phi) is 5.65. The van der Waals surface area contributed by atoms with Crippen molar-refractivity contribution in [3.8, 4) is 5.75 Å². The highest BCUT2D eigenvalue weighted by molar-refractivity contribution is 5.70. The van der Waals surface area contributed by atoms with Crippen molar-refractivity contribution in [2.45, 2.75) is 32.9 Å². The number of carbonyl (C=O) groups is 1. The highest BCUT2D eigenvalue weighted by atomic mass is 16.5. The minimum atomic E-state index is -0.257. The van der Waals surface area contributed by atoms with Crippen LogP contribution in [0.4, 0.5) is 0 Å².